The fourth-order valence-electron chi connectivity index (χ4n) is 5.93. The number of benzene rings is 5. The van der Waals surface area contributed by atoms with Crippen LogP contribution in [0.1, 0.15) is 11.1 Å². The van der Waals surface area contributed by atoms with Crippen molar-refractivity contribution < 1.29 is 0 Å². The molecule has 0 aliphatic carbocycles. The van der Waals surface area contributed by atoms with Crippen molar-refractivity contribution in [1.82, 2.24) is 9.97 Å². The van der Waals surface area contributed by atoms with Gasteiger partial charge in [-0.05, 0) is 91.3 Å². The molecule has 0 radical (unpaired) electrons. The highest BCUT2D eigenvalue weighted by molar-refractivity contribution is 6.17. The molecule has 0 amide bonds. The number of hydrogen-bond donors (Lipinski definition) is 0. The average Bonchev–Trinajstić information content (AvgIpc) is 3.08. The standard InChI is InChI=1S/C40H28N2/c1-3-31-32(4-2)37(39-23-29(19-21-41-39)27-13-7-5-8-14-27)26-36-33-17-11-12-18-34(33)38(25-35(31)36)40-24-30(20-22-42-40)28-15-9-6-10-16-28/h3-26H,1-2H2. The van der Waals surface area contributed by atoms with Crippen molar-refractivity contribution in [2.75, 3.05) is 0 Å². The number of rotatable bonds is 6. The van der Waals surface area contributed by atoms with Gasteiger partial charge in [0.2, 0.25) is 0 Å². The lowest BCUT2D eigenvalue weighted by Gasteiger charge is -2.18. The van der Waals surface area contributed by atoms with Crippen LogP contribution in [0.2, 0.25) is 0 Å². The van der Waals surface area contributed by atoms with Gasteiger partial charge in [0.25, 0.3) is 0 Å². The summed E-state index contributed by atoms with van der Waals surface area (Å²) in [7, 11) is 0. The lowest BCUT2D eigenvalue weighted by atomic mass is 9.87. The van der Waals surface area contributed by atoms with Crippen LogP contribution in [0.4, 0.5) is 0 Å². The van der Waals surface area contributed by atoms with E-state index in [4.69, 9.17) is 9.97 Å². The predicted molar refractivity (Wildman–Crippen MR) is 179 cm³/mol. The maximum atomic E-state index is 4.84. The smallest absolute Gasteiger partial charge is 0.0714 e. The van der Waals surface area contributed by atoms with Crippen molar-refractivity contribution in [3.63, 3.8) is 0 Å². The topological polar surface area (TPSA) is 25.8 Å². The van der Waals surface area contributed by atoms with Gasteiger partial charge in [-0.25, -0.2) is 0 Å². The Morgan fingerprint density at radius 3 is 1.48 bits per heavy atom. The molecule has 0 unspecified atom stereocenters. The van der Waals surface area contributed by atoms with Gasteiger partial charge in [-0.15, -0.1) is 0 Å². The van der Waals surface area contributed by atoms with Gasteiger partial charge >= 0.3 is 0 Å². The number of aromatic nitrogens is 2. The van der Waals surface area contributed by atoms with Crippen LogP contribution in [0.3, 0.4) is 0 Å². The summed E-state index contributed by atoms with van der Waals surface area (Å²) >= 11 is 0. The Hall–Kier alpha value is -5.60. The second-order valence-corrected chi connectivity index (χ2v) is 10.3. The first-order valence-electron chi connectivity index (χ1n) is 14.1. The van der Waals surface area contributed by atoms with Crippen LogP contribution < -0.4 is 0 Å². The molecule has 0 bridgehead atoms. The molecule has 0 aliphatic heterocycles. The van der Waals surface area contributed by atoms with Crippen LogP contribution in [0, 0.1) is 0 Å². The molecular weight excluding hydrogens is 508 g/mol. The van der Waals surface area contributed by atoms with Gasteiger partial charge in [-0.1, -0.05) is 110 Å². The molecule has 198 valence electrons. The molecule has 2 nitrogen and oxygen atoms in total. The summed E-state index contributed by atoms with van der Waals surface area (Å²) in [4.78, 5) is 9.66. The van der Waals surface area contributed by atoms with Gasteiger partial charge in [0.05, 0.1) is 11.4 Å². The maximum Gasteiger partial charge on any atom is 0.0714 e. The van der Waals surface area contributed by atoms with Crippen molar-refractivity contribution >= 4 is 33.7 Å². The van der Waals surface area contributed by atoms with E-state index in [1.807, 2.05) is 36.7 Å². The molecule has 2 aromatic heterocycles. The van der Waals surface area contributed by atoms with E-state index in [0.717, 1.165) is 71.9 Å². The molecule has 0 atom stereocenters. The molecule has 0 aliphatic rings. The van der Waals surface area contributed by atoms with E-state index in [2.05, 4.69) is 122 Å². The third kappa shape index (κ3) is 4.40. The van der Waals surface area contributed by atoms with Gasteiger partial charge in [0.15, 0.2) is 0 Å². The molecule has 0 N–H and O–H groups in total. The SMILES string of the molecule is C=Cc1c(-c2cc(-c3ccccc3)ccn2)cc2c(cc(-c3cc(-c4ccccc4)ccn3)c3ccccc32)c1C=C. The van der Waals surface area contributed by atoms with Gasteiger partial charge in [0.1, 0.15) is 0 Å². The van der Waals surface area contributed by atoms with E-state index < -0.39 is 0 Å². The zero-order valence-corrected chi connectivity index (χ0v) is 23.2. The Bertz CT molecular complexity index is 2110. The summed E-state index contributed by atoms with van der Waals surface area (Å²) < 4.78 is 0. The van der Waals surface area contributed by atoms with Crippen molar-refractivity contribution in [1.29, 1.82) is 0 Å². The van der Waals surface area contributed by atoms with Crippen LogP contribution in [0.5, 0.6) is 0 Å². The quantitative estimate of drug-likeness (QED) is 0.198. The van der Waals surface area contributed by atoms with Gasteiger partial charge in [-0.2, -0.15) is 0 Å². The first-order valence-corrected chi connectivity index (χ1v) is 14.1. The van der Waals surface area contributed by atoms with Crippen LogP contribution in [0.15, 0.2) is 147 Å². The third-order valence-corrected chi connectivity index (χ3v) is 7.94. The second kappa shape index (κ2) is 10.8. The Morgan fingerprint density at radius 1 is 0.405 bits per heavy atom. The monoisotopic (exact) mass is 536 g/mol. The molecule has 0 fully saturated rings. The molecule has 2 heteroatoms. The van der Waals surface area contributed by atoms with Gasteiger partial charge in [0, 0.05) is 23.5 Å². The minimum atomic E-state index is 0.904. The highest BCUT2D eigenvalue weighted by Crippen LogP contribution is 2.41. The summed E-state index contributed by atoms with van der Waals surface area (Å²) in [5, 5.41) is 4.58. The van der Waals surface area contributed by atoms with E-state index in [9.17, 15) is 0 Å². The minimum Gasteiger partial charge on any atom is -0.256 e. The lowest BCUT2D eigenvalue weighted by molar-refractivity contribution is 1.32. The summed E-state index contributed by atoms with van der Waals surface area (Å²) in [5.41, 5.74) is 10.6. The Morgan fingerprint density at radius 2 is 0.905 bits per heavy atom. The van der Waals surface area contributed by atoms with Crippen molar-refractivity contribution in [2.45, 2.75) is 0 Å². The van der Waals surface area contributed by atoms with Gasteiger partial charge < -0.3 is 0 Å². The number of fused-ring (bicyclic) bond motifs is 3. The van der Waals surface area contributed by atoms with Crippen molar-refractivity contribution in [3.8, 4) is 44.8 Å². The normalized spacial score (nSPS) is 11.0. The maximum absolute atomic E-state index is 4.84. The number of nitrogens with zero attached hydrogens (tertiary/aromatic N) is 2. The first-order chi connectivity index (χ1) is 20.7. The molecule has 7 rings (SSSR count). The van der Waals surface area contributed by atoms with Crippen LogP contribution in [-0.2, 0) is 0 Å². The Kier molecular flexibility index (Phi) is 6.50. The van der Waals surface area contributed by atoms with E-state index in [1.165, 1.54) is 5.56 Å². The molecule has 0 saturated heterocycles. The molecule has 5 aromatic carbocycles. The lowest BCUT2D eigenvalue weighted by Crippen LogP contribution is -1.95. The second-order valence-electron chi connectivity index (χ2n) is 10.3. The summed E-state index contributed by atoms with van der Waals surface area (Å²) in [5.74, 6) is 0. The van der Waals surface area contributed by atoms with Crippen molar-refractivity contribution in [2.24, 2.45) is 0 Å². The zero-order chi connectivity index (χ0) is 28.5. The summed E-state index contributed by atoms with van der Waals surface area (Å²) in [6.07, 6.45) is 7.64. The number of pyridine rings is 2. The average molecular weight is 537 g/mol. The summed E-state index contributed by atoms with van der Waals surface area (Å²) in [6, 6.07) is 42.4. The van der Waals surface area contributed by atoms with Crippen LogP contribution >= 0.6 is 0 Å². The minimum absolute atomic E-state index is 0.904. The highest BCUT2D eigenvalue weighted by atomic mass is 14.7. The van der Waals surface area contributed by atoms with Gasteiger partial charge in [-0.3, -0.25) is 9.97 Å². The summed E-state index contributed by atoms with van der Waals surface area (Å²) in [6.45, 7) is 8.46. The first kappa shape index (κ1) is 25.4. The fourth-order valence-corrected chi connectivity index (χ4v) is 5.93. The predicted octanol–water partition coefficient (Wildman–Crippen LogP) is 10.7. The number of hydrogen-bond acceptors (Lipinski definition) is 2. The van der Waals surface area contributed by atoms with E-state index in [0.29, 0.717) is 0 Å². The highest BCUT2D eigenvalue weighted by Gasteiger charge is 2.17. The Labute approximate surface area is 246 Å². The Balaban J connectivity index is 1.49. The molecule has 2 heterocycles. The molecule has 0 saturated carbocycles. The molecule has 0 spiro atoms. The third-order valence-electron chi connectivity index (χ3n) is 7.94. The molecular formula is C40H28N2. The van der Waals surface area contributed by atoms with Crippen LogP contribution in [-0.4, -0.2) is 9.97 Å². The van der Waals surface area contributed by atoms with Crippen LogP contribution in [0.25, 0.3) is 78.5 Å². The van der Waals surface area contributed by atoms with E-state index in [-0.39, 0.29) is 0 Å². The fraction of sp³-hybridized carbons (Fsp3) is 0. The van der Waals surface area contributed by atoms with E-state index in [1.54, 1.807) is 0 Å². The molecule has 42 heavy (non-hydrogen) atoms. The zero-order valence-electron chi connectivity index (χ0n) is 23.2. The largest absolute Gasteiger partial charge is 0.256 e. The molecule has 7 aromatic rings. The van der Waals surface area contributed by atoms with Crippen molar-refractivity contribution in [3.05, 3.63) is 158 Å². The van der Waals surface area contributed by atoms with E-state index >= 15 is 0 Å².